The summed E-state index contributed by atoms with van der Waals surface area (Å²) in [5.41, 5.74) is 18.5. The van der Waals surface area contributed by atoms with E-state index in [2.05, 4.69) is 275 Å². The van der Waals surface area contributed by atoms with Crippen LogP contribution in [0.4, 0.5) is 22.7 Å². The SMILES string of the molecule is c1ccc(-c2c(Nc3ccc4c5ccccc5n(-c5ccccc5)c4c3)cc3oc4cc5cc6c(cc5cc4c3c2-c2ccccc2)oc2cc(Nc3ccc4c5ccccc5n(-c5ccccc5)c4c3)ccc26)cc1. The van der Waals surface area contributed by atoms with Crippen molar-refractivity contribution in [1.29, 1.82) is 0 Å². The second kappa shape index (κ2) is 16.6. The number of para-hydroxylation sites is 4. The molecule has 0 saturated carbocycles. The first-order valence-electron chi connectivity index (χ1n) is 25.8. The summed E-state index contributed by atoms with van der Waals surface area (Å²) < 4.78 is 18.5. The summed E-state index contributed by atoms with van der Waals surface area (Å²) in [6.07, 6.45) is 0. The van der Waals surface area contributed by atoms with Crippen LogP contribution in [-0.4, -0.2) is 9.13 Å². The Kier molecular flexibility index (Phi) is 9.23. The molecule has 2 N–H and O–H groups in total. The highest BCUT2D eigenvalue weighted by molar-refractivity contribution is 6.22. The molecule has 0 unspecified atom stereocenters. The summed E-state index contributed by atoms with van der Waals surface area (Å²) in [7, 11) is 0. The highest BCUT2D eigenvalue weighted by Gasteiger charge is 2.24. The average Bonchev–Trinajstić information content (AvgIpc) is 4.26. The fourth-order valence-corrected chi connectivity index (χ4v) is 12.1. The summed E-state index contributed by atoms with van der Waals surface area (Å²) in [6.45, 7) is 0. The molecule has 4 heterocycles. The molecule has 12 aromatic carbocycles. The van der Waals surface area contributed by atoms with Crippen molar-refractivity contribution in [3.8, 4) is 33.6 Å². The van der Waals surface area contributed by atoms with Crippen LogP contribution in [0.2, 0.25) is 0 Å². The van der Waals surface area contributed by atoms with Gasteiger partial charge in [0, 0.05) is 94.8 Å². The van der Waals surface area contributed by atoms with Gasteiger partial charge in [0.05, 0.1) is 27.8 Å². The van der Waals surface area contributed by atoms with E-state index in [0.29, 0.717) is 0 Å². The topological polar surface area (TPSA) is 60.2 Å². The quantitative estimate of drug-likeness (QED) is 0.159. The molecular weight excluding hydrogens is 929 g/mol. The molecule has 356 valence electrons. The number of hydrogen-bond acceptors (Lipinski definition) is 4. The number of hydrogen-bond donors (Lipinski definition) is 2. The Balaban J connectivity index is 0.825. The van der Waals surface area contributed by atoms with E-state index in [1.807, 2.05) is 0 Å². The molecule has 0 spiro atoms. The molecule has 0 aliphatic carbocycles. The third-order valence-electron chi connectivity index (χ3n) is 15.4. The Morgan fingerprint density at radius 2 is 0.711 bits per heavy atom. The van der Waals surface area contributed by atoms with E-state index >= 15 is 0 Å². The Morgan fingerprint density at radius 1 is 0.276 bits per heavy atom. The zero-order chi connectivity index (χ0) is 49.8. The van der Waals surface area contributed by atoms with E-state index in [-0.39, 0.29) is 0 Å². The van der Waals surface area contributed by atoms with Crippen LogP contribution in [-0.2, 0) is 0 Å². The van der Waals surface area contributed by atoms with Crippen molar-refractivity contribution in [2.24, 2.45) is 0 Å². The second-order valence-electron chi connectivity index (χ2n) is 19.8. The van der Waals surface area contributed by atoms with Gasteiger partial charge >= 0.3 is 0 Å². The van der Waals surface area contributed by atoms with Crippen LogP contribution in [0.25, 0.3) is 132 Å². The Bertz CT molecular complexity index is 4970. The third kappa shape index (κ3) is 6.61. The standard InChI is InChI=1S/C70H44N4O2/c1-5-17-43(18-6-1)68-59(72-48-30-33-55-53-26-14-16-28-61(53)74(63(55)40-48)51-23-11-4-12-24-51)42-67-70(69(68)44-19-7-2-8-20-44)58-36-46-37-64-57(35-45(46)38-65(58)76-67)56-34-31-49(41-66(56)75-64)71-47-29-32-54-52-25-13-15-27-60(52)73(62(54)39-47)50-21-9-3-10-22-50/h1-42,71-72H. The molecule has 0 radical (unpaired) electrons. The lowest BCUT2D eigenvalue weighted by Gasteiger charge is -2.19. The highest BCUT2D eigenvalue weighted by Crippen LogP contribution is 2.49. The van der Waals surface area contributed by atoms with Crippen LogP contribution in [0.3, 0.4) is 0 Å². The first-order valence-corrected chi connectivity index (χ1v) is 25.8. The number of nitrogens with one attached hydrogen (secondary N) is 2. The molecule has 16 aromatic rings. The van der Waals surface area contributed by atoms with Crippen LogP contribution in [0, 0.1) is 0 Å². The van der Waals surface area contributed by atoms with Crippen molar-refractivity contribution >= 4 is 121 Å². The minimum Gasteiger partial charge on any atom is -0.456 e. The number of aromatic nitrogens is 2. The van der Waals surface area contributed by atoms with Crippen molar-refractivity contribution in [3.63, 3.8) is 0 Å². The Labute approximate surface area is 435 Å². The fraction of sp³-hybridized carbons (Fsp3) is 0. The zero-order valence-electron chi connectivity index (χ0n) is 41.0. The summed E-state index contributed by atoms with van der Waals surface area (Å²) in [5, 5.41) is 18.9. The number of fused-ring (bicyclic) bond motifs is 13. The zero-order valence-corrected chi connectivity index (χ0v) is 41.0. The van der Waals surface area contributed by atoms with E-state index in [9.17, 15) is 0 Å². The summed E-state index contributed by atoms with van der Waals surface area (Å²) in [4.78, 5) is 0. The van der Waals surface area contributed by atoms with Crippen molar-refractivity contribution in [2.45, 2.75) is 0 Å². The van der Waals surface area contributed by atoms with Gasteiger partial charge < -0.3 is 28.6 Å². The maximum Gasteiger partial charge on any atom is 0.138 e. The lowest BCUT2D eigenvalue weighted by molar-refractivity contribution is 0.668. The number of nitrogens with zero attached hydrogens (tertiary/aromatic N) is 2. The average molecular weight is 973 g/mol. The minimum atomic E-state index is 0.806. The lowest BCUT2D eigenvalue weighted by Crippen LogP contribution is -1.98. The maximum atomic E-state index is 7.03. The Morgan fingerprint density at radius 3 is 1.30 bits per heavy atom. The molecule has 4 aromatic heterocycles. The molecule has 0 saturated heterocycles. The van der Waals surface area contributed by atoms with Crippen molar-refractivity contribution < 1.29 is 8.83 Å². The molecule has 0 aliphatic rings. The number of furan rings is 2. The predicted octanol–water partition coefficient (Wildman–Crippen LogP) is 19.7. The number of benzene rings is 12. The third-order valence-corrected chi connectivity index (χ3v) is 15.4. The van der Waals surface area contributed by atoms with Crippen molar-refractivity contribution in [3.05, 3.63) is 255 Å². The van der Waals surface area contributed by atoms with Gasteiger partial charge in [0.2, 0.25) is 0 Å². The first-order chi connectivity index (χ1) is 37.6. The highest BCUT2D eigenvalue weighted by atomic mass is 16.3. The van der Waals surface area contributed by atoms with Gasteiger partial charge in [-0.05, 0) is 119 Å². The maximum absolute atomic E-state index is 7.03. The molecule has 0 atom stereocenters. The largest absolute Gasteiger partial charge is 0.456 e. The molecule has 0 aliphatic heterocycles. The summed E-state index contributed by atoms with van der Waals surface area (Å²) in [6, 6.07) is 90.8. The van der Waals surface area contributed by atoms with Crippen LogP contribution >= 0.6 is 0 Å². The van der Waals surface area contributed by atoms with Gasteiger partial charge in [-0.15, -0.1) is 0 Å². The minimum absolute atomic E-state index is 0.806. The van der Waals surface area contributed by atoms with Gasteiger partial charge in [-0.1, -0.05) is 146 Å². The van der Waals surface area contributed by atoms with Gasteiger partial charge in [0.15, 0.2) is 0 Å². The molecule has 6 nitrogen and oxygen atoms in total. The van der Waals surface area contributed by atoms with Crippen LogP contribution in [0.5, 0.6) is 0 Å². The number of rotatable bonds is 8. The van der Waals surface area contributed by atoms with E-state index in [0.717, 1.165) is 122 Å². The van der Waals surface area contributed by atoms with E-state index < -0.39 is 0 Å². The molecule has 0 fully saturated rings. The van der Waals surface area contributed by atoms with Crippen LogP contribution in [0.15, 0.2) is 264 Å². The Hall–Kier alpha value is -10.3. The normalized spacial score (nSPS) is 11.9. The fourth-order valence-electron chi connectivity index (χ4n) is 12.1. The molecule has 6 heteroatoms. The molecule has 0 amide bonds. The number of anilines is 4. The molecule has 0 bridgehead atoms. The monoisotopic (exact) mass is 972 g/mol. The van der Waals surface area contributed by atoms with Gasteiger partial charge in [-0.3, -0.25) is 0 Å². The smallest absolute Gasteiger partial charge is 0.138 e. The van der Waals surface area contributed by atoms with Crippen LogP contribution in [0.1, 0.15) is 0 Å². The molecule has 16 rings (SSSR count). The van der Waals surface area contributed by atoms with E-state index in [1.54, 1.807) is 0 Å². The van der Waals surface area contributed by atoms with Crippen LogP contribution < -0.4 is 10.6 Å². The van der Waals surface area contributed by atoms with Crippen molar-refractivity contribution in [1.82, 2.24) is 9.13 Å². The van der Waals surface area contributed by atoms with Gasteiger partial charge in [-0.25, -0.2) is 0 Å². The second-order valence-corrected chi connectivity index (χ2v) is 19.8. The van der Waals surface area contributed by atoms with Crippen molar-refractivity contribution in [2.75, 3.05) is 10.6 Å². The predicted molar refractivity (Wildman–Crippen MR) is 318 cm³/mol. The van der Waals surface area contributed by atoms with Gasteiger partial charge in [0.25, 0.3) is 0 Å². The lowest BCUT2D eigenvalue weighted by atomic mass is 9.88. The summed E-state index contributed by atoms with van der Waals surface area (Å²) in [5.74, 6) is 0. The van der Waals surface area contributed by atoms with Gasteiger partial charge in [-0.2, -0.15) is 0 Å². The summed E-state index contributed by atoms with van der Waals surface area (Å²) >= 11 is 0. The van der Waals surface area contributed by atoms with Gasteiger partial charge in [0.1, 0.15) is 22.3 Å². The van der Waals surface area contributed by atoms with E-state index in [4.69, 9.17) is 8.83 Å². The first kappa shape index (κ1) is 42.2. The van der Waals surface area contributed by atoms with E-state index in [1.165, 1.54) is 32.6 Å². The molecule has 76 heavy (non-hydrogen) atoms. The molecular formula is C70H44N4O2.